The Hall–Kier alpha value is -2.97. The second kappa shape index (κ2) is 9.72. The van der Waals surface area contributed by atoms with Gasteiger partial charge in [-0.1, -0.05) is 6.42 Å². The molecule has 3 aliphatic rings. The first-order chi connectivity index (χ1) is 16.2. The van der Waals surface area contributed by atoms with Crippen LogP contribution in [0.2, 0.25) is 0 Å². The minimum atomic E-state index is -0.456. The number of guanidine groups is 2. The van der Waals surface area contributed by atoms with Gasteiger partial charge >= 0.3 is 6.09 Å². The van der Waals surface area contributed by atoms with Crippen molar-refractivity contribution in [1.82, 2.24) is 4.90 Å². The molecule has 1 amide bonds. The first kappa shape index (κ1) is 24.2. The zero-order chi connectivity index (χ0) is 24.3. The quantitative estimate of drug-likeness (QED) is 0.616. The van der Waals surface area contributed by atoms with E-state index in [2.05, 4.69) is 39.5 Å². The third-order valence-corrected chi connectivity index (χ3v) is 6.84. The van der Waals surface area contributed by atoms with Crippen molar-refractivity contribution in [2.75, 3.05) is 29.9 Å². The van der Waals surface area contributed by atoms with Crippen molar-refractivity contribution < 1.29 is 9.53 Å². The van der Waals surface area contributed by atoms with E-state index < -0.39 is 11.3 Å². The predicted molar refractivity (Wildman–Crippen MR) is 137 cm³/mol. The Balaban J connectivity index is 1.32. The Morgan fingerprint density at radius 1 is 1.12 bits per heavy atom. The van der Waals surface area contributed by atoms with Gasteiger partial charge in [-0.05, 0) is 89.5 Å². The Bertz CT molecular complexity index is 922. The topological polar surface area (TPSA) is 122 Å². The summed E-state index contributed by atoms with van der Waals surface area (Å²) in [6.45, 7) is 8.04. The molecule has 5 N–H and O–H groups in total. The third-order valence-electron chi connectivity index (χ3n) is 6.84. The van der Waals surface area contributed by atoms with Crippen LogP contribution in [0.5, 0.6) is 0 Å². The van der Waals surface area contributed by atoms with E-state index in [0.29, 0.717) is 11.9 Å². The van der Waals surface area contributed by atoms with Crippen LogP contribution >= 0.6 is 0 Å². The summed E-state index contributed by atoms with van der Waals surface area (Å²) in [6, 6.07) is 8.31. The van der Waals surface area contributed by atoms with Gasteiger partial charge in [0, 0.05) is 31.0 Å². The summed E-state index contributed by atoms with van der Waals surface area (Å²) < 4.78 is 5.49. The van der Waals surface area contributed by atoms with Gasteiger partial charge in [0.25, 0.3) is 0 Å². The fourth-order valence-electron chi connectivity index (χ4n) is 5.13. The molecule has 34 heavy (non-hydrogen) atoms. The molecule has 4 rings (SSSR count). The highest BCUT2D eigenvalue weighted by molar-refractivity contribution is 6.05. The first-order valence-corrected chi connectivity index (χ1v) is 12.5. The number of hydrogen-bond donors (Lipinski definition) is 3. The van der Waals surface area contributed by atoms with Crippen LogP contribution in [0.3, 0.4) is 0 Å². The molecule has 9 nitrogen and oxygen atoms in total. The lowest BCUT2D eigenvalue weighted by molar-refractivity contribution is 0.0188. The van der Waals surface area contributed by atoms with E-state index in [1.54, 1.807) is 0 Å². The molecule has 1 spiro atoms. The summed E-state index contributed by atoms with van der Waals surface area (Å²) in [6.07, 6.45) is 6.98. The van der Waals surface area contributed by atoms with E-state index >= 15 is 0 Å². The fourth-order valence-corrected chi connectivity index (χ4v) is 5.13. The summed E-state index contributed by atoms with van der Waals surface area (Å²) in [4.78, 5) is 25.1. The van der Waals surface area contributed by atoms with Crippen LogP contribution in [-0.2, 0) is 4.74 Å². The highest BCUT2D eigenvalue weighted by atomic mass is 16.6. The number of carbonyl (C=O) groups is 1. The molecule has 0 radical (unpaired) electrons. The number of benzene rings is 1. The van der Waals surface area contributed by atoms with Gasteiger partial charge in [0.1, 0.15) is 11.3 Å². The Labute approximate surface area is 202 Å². The number of nitrogens with one attached hydrogen (secondary N) is 1. The standard InChI is InChI=1S/C25H39N7O2/c1-24(2,3)34-23(33)31-15-11-18(12-16-31)17-28-19-7-9-20(10-8-19)32-22(27)29-21(26)30-25(32)13-5-4-6-14-25/h7-10,18,28H,4-6,11-17H2,1-3H3,(H4,26,27,29,30). The second-order valence-electron chi connectivity index (χ2n) is 10.7. The molecule has 1 saturated heterocycles. The summed E-state index contributed by atoms with van der Waals surface area (Å²) in [5, 5.41) is 3.55. The number of nitrogens with two attached hydrogens (primary N) is 2. The van der Waals surface area contributed by atoms with Crippen LogP contribution in [0.4, 0.5) is 16.2 Å². The molecule has 9 heteroatoms. The number of rotatable bonds is 4. The van der Waals surface area contributed by atoms with Gasteiger partial charge in [0.05, 0.1) is 0 Å². The number of carbonyl (C=O) groups excluding carboxylic acids is 1. The molecular weight excluding hydrogens is 430 g/mol. The number of hydrogen-bond acceptors (Lipinski definition) is 8. The smallest absolute Gasteiger partial charge is 0.410 e. The predicted octanol–water partition coefficient (Wildman–Crippen LogP) is 3.86. The Morgan fingerprint density at radius 3 is 2.38 bits per heavy atom. The van der Waals surface area contributed by atoms with Crippen molar-refractivity contribution in [1.29, 1.82) is 0 Å². The number of ether oxygens (including phenoxy) is 1. The van der Waals surface area contributed by atoms with E-state index in [4.69, 9.17) is 21.2 Å². The van der Waals surface area contributed by atoms with Gasteiger partial charge in [0.2, 0.25) is 11.9 Å². The number of aliphatic imine (C=N–C) groups is 2. The summed E-state index contributed by atoms with van der Waals surface area (Å²) in [5.74, 6) is 1.20. The number of likely N-dealkylation sites (tertiary alicyclic amines) is 1. The van der Waals surface area contributed by atoms with Crippen LogP contribution in [0.1, 0.15) is 65.7 Å². The number of anilines is 2. The van der Waals surface area contributed by atoms with Crippen molar-refractivity contribution in [2.45, 2.75) is 77.0 Å². The van der Waals surface area contributed by atoms with Gasteiger partial charge < -0.3 is 26.4 Å². The Morgan fingerprint density at radius 2 is 1.76 bits per heavy atom. The maximum Gasteiger partial charge on any atom is 0.410 e. The van der Waals surface area contributed by atoms with Crippen molar-refractivity contribution in [3.05, 3.63) is 24.3 Å². The van der Waals surface area contributed by atoms with E-state index in [0.717, 1.165) is 69.5 Å². The minimum absolute atomic E-state index is 0.211. The zero-order valence-corrected chi connectivity index (χ0v) is 20.7. The molecule has 2 fully saturated rings. The molecule has 0 bridgehead atoms. The molecule has 0 unspecified atom stereocenters. The molecule has 1 aromatic carbocycles. The van der Waals surface area contributed by atoms with Crippen LogP contribution in [0.25, 0.3) is 0 Å². The zero-order valence-electron chi connectivity index (χ0n) is 20.7. The van der Waals surface area contributed by atoms with Crippen LogP contribution < -0.4 is 21.7 Å². The van der Waals surface area contributed by atoms with Crippen LogP contribution in [-0.4, -0.2) is 53.8 Å². The second-order valence-corrected chi connectivity index (χ2v) is 10.7. The molecular formula is C25H39N7O2. The molecule has 1 aliphatic carbocycles. The van der Waals surface area contributed by atoms with Crippen molar-refractivity contribution in [2.24, 2.45) is 27.4 Å². The number of amides is 1. The summed E-state index contributed by atoms with van der Waals surface area (Å²) in [5.41, 5.74) is 13.5. The molecule has 0 aromatic heterocycles. The monoisotopic (exact) mass is 469 g/mol. The minimum Gasteiger partial charge on any atom is -0.444 e. The van der Waals surface area contributed by atoms with E-state index in [1.807, 2.05) is 25.7 Å². The number of piperidine rings is 1. The average molecular weight is 470 g/mol. The summed E-state index contributed by atoms with van der Waals surface area (Å²) in [7, 11) is 0. The molecule has 2 heterocycles. The van der Waals surface area contributed by atoms with Gasteiger partial charge in [-0.2, -0.15) is 4.99 Å². The summed E-state index contributed by atoms with van der Waals surface area (Å²) >= 11 is 0. The van der Waals surface area contributed by atoms with Gasteiger partial charge in [-0.25, -0.2) is 9.79 Å². The van der Waals surface area contributed by atoms with Crippen molar-refractivity contribution in [3.63, 3.8) is 0 Å². The third kappa shape index (κ3) is 5.56. The molecule has 186 valence electrons. The van der Waals surface area contributed by atoms with Gasteiger partial charge in [-0.15, -0.1) is 0 Å². The van der Waals surface area contributed by atoms with Gasteiger partial charge in [0.15, 0.2) is 0 Å². The first-order valence-electron chi connectivity index (χ1n) is 12.5. The van der Waals surface area contributed by atoms with Crippen LogP contribution in [0, 0.1) is 5.92 Å². The van der Waals surface area contributed by atoms with Crippen molar-refractivity contribution in [3.8, 4) is 0 Å². The fraction of sp³-hybridized carbons (Fsp3) is 0.640. The number of nitrogens with zero attached hydrogens (tertiary/aromatic N) is 4. The van der Waals surface area contributed by atoms with E-state index in [9.17, 15) is 4.79 Å². The maximum atomic E-state index is 12.3. The largest absolute Gasteiger partial charge is 0.444 e. The lowest BCUT2D eigenvalue weighted by Crippen LogP contribution is -2.58. The highest BCUT2D eigenvalue weighted by Gasteiger charge is 2.42. The SMILES string of the molecule is CC(C)(C)OC(=O)N1CCC(CNc2ccc(N3C(N)=NC(N)=NC34CCCCC4)cc2)CC1. The molecule has 2 aliphatic heterocycles. The lowest BCUT2D eigenvalue weighted by atomic mass is 9.87. The van der Waals surface area contributed by atoms with Crippen LogP contribution in [0.15, 0.2) is 34.3 Å². The molecule has 1 saturated carbocycles. The normalized spacial score (nSPS) is 21.1. The van der Waals surface area contributed by atoms with Gasteiger partial charge in [-0.3, -0.25) is 4.90 Å². The molecule has 0 atom stereocenters. The highest BCUT2D eigenvalue weighted by Crippen LogP contribution is 2.39. The molecule has 1 aromatic rings. The average Bonchev–Trinajstić information content (AvgIpc) is 2.78. The van der Waals surface area contributed by atoms with E-state index in [1.165, 1.54) is 6.42 Å². The van der Waals surface area contributed by atoms with E-state index in [-0.39, 0.29) is 12.1 Å². The van der Waals surface area contributed by atoms with Crippen molar-refractivity contribution >= 4 is 29.4 Å². The Kier molecular flexibility index (Phi) is 6.91. The lowest BCUT2D eigenvalue weighted by Gasteiger charge is -2.45. The maximum absolute atomic E-state index is 12.3.